The highest BCUT2D eigenvalue weighted by Crippen LogP contribution is 2.62. The van der Waals surface area contributed by atoms with Gasteiger partial charge in [-0.1, -0.05) is 141 Å². The van der Waals surface area contributed by atoms with Crippen molar-refractivity contribution >= 4 is 50.8 Å². The topological polar surface area (TPSA) is 16.4 Å². The SMILES string of the molecule is CC1(C)c2ccccc2C2(c3ccccc3Sc3ccccc32)c2ccc(N(c3ccccc3)c3cccc4c3oc3ccccc34)cc21. The lowest BCUT2D eigenvalue weighted by Gasteiger charge is -2.50. The predicted molar refractivity (Wildman–Crippen MR) is 203 cm³/mol. The van der Waals surface area contributed by atoms with Crippen LogP contribution in [0.25, 0.3) is 21.9 Å². The van der Waals surface area contributed by atoms with Gasteiger partial charge in [0.15, 0.2) is 5.58 Å². The van der Waals surface area contributed by atoms with Gasteiger partial charge in [-0.25, -0.2) is 0 Å². The molecule has 7 aromatic carbocycles. The first-order chi connectivity index (χ1) is 24.1. The number of nitrogens with zero attached hydrogens (tertiary/aromatic N) is 1. The number of hydrogen-bond donors (Lipinski definition) is 0. The zero-order chi connectivity index (χ0) is 32.7. The molecule has 0 radical (unpaired) electrons. The van der Waals surface area contributed by atoms with Crippen LogP contribution in [0.4, 0.5) is 17.1 Å². The van der Waals surface area contributed by atoms with Gasteiger partial charge in [0.05, 0.1) is 11.1 Å². The Labute approximate surface area is 290 Å². The van der Waals surface area contributed by atoms with Crippen molar-refractivity contribution in [3.8, 4) is 0 Å². The lowest BCUT2D eigenvalue weighted by atomic mass is 9.54. The molecule has 0 unspecified atom stereocenters. The van der Waals surface area contributed by atoms with Crippen molar-refractivity contribution in [3.05, 3.63) is 197 Å². The van der Waals surface area contributed by atoms with Crippen molar-refractivity contribution in [1.29, 1.82) is 0 Å². The van der Waals surface area contributed by atoms with Gasteiger partial charge in [0, 0.05) is 37.4 Å². The summed E-state index contributed by atoms with van der Waals surface area (Å²) in [6.45, 7) is 4.78. The van der Waals surface area contributed by atoms with Crippen molar-refractivity contribution in [1.82, 2.24) is 0 Å². The third-order valence-corrected chi connectivity index (χ3v) is 11.9. The average Bonchev–Trinajstić information content (AvgIpc) is 3.54. The first-order valence-electron chi connectivity index (χ1n) is 16.9. The second-order valence-electron chi connectivity index (χ2n) is 13.7. The molecular weight excluding hydrogens is 615 g/mol. The molecule has 0 saturated carbocycles. The van der Waals surface area contributed by atoms with Crippen molar-refractivity contribution in [2.45, 2.75) is 34.5 Å². The van der Waals surface area contributed by atoms with Gasteiger partial charge in [-0.05, 0) is 81.9 Å². The second kappa shape index (κ2) is 10.5. The van der Waals surface area contributed by atoms with Crippen molar-refractivity contribution in [3.63, 3.8) is 0 Å². The average molecular weight is 648 g/mol. The second-order valence-corrected chi connectivity index (χ2v) is 14.8. The Hall–Kier alpha value is -5.51. The fourth-order valence-corrected chi connectivity index (χ4v) is 9.84. The molecule has 2 heterocycles. The monoisotopic (exact) mass is 647 g/mol. The van der Waals surface area contributed by atoms with Crippen molar-refractivity contribution in [2.24, 2.45) is 0 Å². The quantitative estimate of drug-likeness (QED) is 0.190. The molecule has 1 aliphatic carbocycles. The molecule has 0 atom stereocenters. The Kier molecular flexibility index (Phi) is 6.10. The molecule has 0 N–H and O–H groups in total. The Morgan fingerprint density at radius 1 is 0.469 bits per heavy atom. The van der Waals surface area contributed by atoms with E-state index in [2.05, 4.69) is 176 Å². The number of hydrogen-bond acceptors (Lipinski definition) is 3. The van der Waals surface area contributed by atoms with Crippen LogP contribution in [0.5, 0.6) is 0 Å². The van der Waals surface area contributed by atoms with E-state index in [1.807, 2.05) is 17.8 Å². The van der Waals surface area contributed by atoms with Gasteiger partial charge in [-0.3, -0.25) is 0 Å². The van der Waals surface area contributed by atoms with Gasteiger partial charge in [0.1, 0.15) is 5.58 Å². The van der Waals surface area contributed by atoms with Gasteiger partial charge in [0.25, 0.3) is 0 Å². The lowest BCUT2D eigenvalue weighted by Crippen LogP contribution is -2.43. The molecule has 2 nitrogen and oxygen atoms in total. The summed E-state index contributed by atoms with van der Waals surface area (Å²) in [4.78, 5) is 4.99. The summed E-state index contributed by atoms with van der Waals surface area (Å²) in [5.74, 6) is 0. The highest BCUT2D eigenvalue weighted by Gasteiger charge is 2.52. The van der Waals surface area contributed by atoms with E-state index < -0.39 is 5.41 Å². The molecule has 49 heavy (non-hydrogen) atoms. The van der Waals surface area contributed by atoms with Crippen LogP contribution in [0.1, 0.15) is 47.2 Å². The van der Waals surface area contributed by atoms with Gasteiger partial charge in [-0.2, -0.15) is 0 Å². The normalized spacial score (nSPS) is 15.0. The third-order valence-electron chi connectivity index (χ3n) is 10.8. The largest absolute Gasteiger partial charge is 0.454 e. The summed E-state index contributed by atoms with van der Waals surface area (Å²) >= 11 is 1.89. The Morgan fingerprint density at radius 2 is 1.06 bits per heavy atom. The van der Waals surface area contributed by atoms with Gasteiger partial charge in [-0.15, -0.1) is 0 Å². The van der Waals surface area contributed by atoms with Gasteiger partial charge >= 0.3 is 0 Å². The molecule has 1 aromatic heterocycles. The number of fused-ring (bicyclic) bond motifs is 11. The minimum Gasteiger partial charge on any atom is -0.454 e. The van der Waals surface area contributed by atoms with E-state index in [9.17, 15) is 0 Å². The smallest absolute Gasteiger partial charge is 0.159 e. The molecule has 0 amide bonds. The maximum Gasteiger partial charge on any atom is 0.159 e. The van der Waals surface area contributed by atoms with E-state index in [1.165, 1.54) is 43.2 Å². The van der Waals surface area contributed by atoms with E-state index in [0.717, 1.165) is 39.0 Å². The fraction of sp³-hybridized carbons (Fsp3) is 0.0870. The standard InChI is InChI=1S/C46H33NOS/c1-45(2)34-19-7-8-20-35(34)46(37-21-9-12-25-42(37)49-43-26-13-10-22-38(43)46)36-28-27-31(29-39(36)45)47(30-15-4-3-5-16-30)40-23-14-18-33-32-17-6-11-24-41(32)48-44(33)40/h3-29H,1-2H3. The summed E-state index contributed by atoms with van der Waals surface area (Å²) < 4.78 is 6.63. The molecule has 0 bridgehead atoms. The number of benzene rings is 7. The molecule has 234 valence electrons. The van der Waals surface area contributed by atoms with E-state index in [0.29, 0.717) is 0 Å². The summed E-state index contributed by atoms with van der Waals surface area (Å²) in [6, 6.07) is 59.9. The Bertz CT molecular complexity index is 2530. The molecule has 1 aliphatic heterocycles. The Balaban J connectivity index is 1.29. The number of anilines is 3. The van der Waals surface area contributed by atoms with Crippen LogP contribution in [0.3, 0.4) is 0 Å². The van der Waals surface area contributed by atoms with Crippen LogP contribution in [0.2, 0.25) is 0 Å². The number of furan rings is 1. The fourth-order valence-electron chi connectivity index (χ4n) is 8.65. The van der Waals surface area contributed by atoms with Gasteiger partial charge < -0.3 is 9.32 Å². The molecule has 8 aromatic rings. The van der Waals surface area contributed by atoms with E-state index in [-0.39, 0.29) is 5.41 Å². The number of para-hydroxylation sites is 3. The minimum absolute atomic E-state index is 0.255. The summed E-state index contributed by atoms with van der Waals surface area (Å²) in [6.07, 6.45) is 0. The lowest BCUT2D eigenvalue weighted by molar-refractivity contribution is 0.549. The van der Waals surface area contributed by atoms with Crippen LogP contribution in [-0.4, -0.2) is 0 Å². The Morgan fingerprint density at radius 3 is 1.82 bits per heavy atom. The van der Waals surface area contributed by atoms with Crippen LogP contribution in [-0.2, 0) is 10.8 Å². The summed E-state index contributed by atoms with van der Waals surface area (Å²) in [5, 5.41) is 2.25. The highest BCUT2D eigenvalue weighted by molar-refractivity contribution is 7.99. The maximum absolute atomic E-state index is 6.63. The first kappa shape index (κ1) is 28.5. The molecule has 10 rings (SSSR count). The molecule has 0 saturated heterocycles. The van der Waals surface area contributed by atoms with E-state index in [4.69, 9.17) is 4.42 Å². The molecule has 2 aliphatic rings. The van der Waals surface area contributed by atoms with Crippen molar-refractivity contribution < 1.29 is 4.42 Å². The zero-order valence-electron chi connectivity index (χ0n) is 27.4. The zero-order valence-corrected chi connectivity index (χ0v) is 28.2. The highest BCUT2D eigenvalue weighted by atomic mass is 32.2. The summed E-state index contributed by atoms with van der Waals surface area (Å²) in [7, 11) is 0. The van der Waals surface area contributed by atoms with Crippen LogP contribution >= 0.6 is 11.8 Å². The van der Waals surface area contributed by atoms with Crippen LogP contribution in [0, 0.1) is 0 Å². The van der Waals surface area contributed by atoms with E-state index >= 15 is 0 Å². The predicted octanol–water partition coefficient (Wildman–Crippen LogP) is 12.5. The third kappa shape index (κ3) is 3.91. The first-order valence-corrected chi connectivity index (χ1v) is 17.8. The van der Waals surface area contributed by atoms with Crippen LogP contribution < -0.4 is 4.90 Å². The molecule has 3 heteroatoms. The van der Waals surface area contributed by atoms with Crippen molar-refractivity contribution in [2.75, 3.05) is 4.90 Å². The minimum atomic E-state index is -0.450. The summed E-state index contributed by atoms with van der Waals surface area (Å²) in [5.41, 5.74) is 12.4. The van der Waals surface area contributed by atoms with E-state index in [1.54, 1.807) is 0 Å². The number of rotatable bonds is 3. The molecule has 1 spiro atoms. The van der Waals surface area contributed by atoms with Crippen LogP contribution in [0.15, 0.2) is 178 Å². The maximum atomic E-state index is 6.63. The van der Waals surface area contributed by atoms with Gasteiger partial charge in [0.2, 0.25) is 0 Å². The molecule has 0 fully saturated rings. The molecular formula is C46H33NOS.